The van der Waals surface area contributed by atoms with Crippen molar-refractivity contribution in [3.63, 3.8) is 0 Å². The van der Waals surface area contributed by atoms with Gasteiger partial charge in [0, 0.05) is 10.2 Å². The van der Waals surface area contributed by atoms with Crippen molar-refractivity contribution in [1.82, 2.24) is 0 Å². The van der Waals surface area contributed by atoms with Gasteiger partial charge in [-0.3, -0.25) is 0 Å². The van der Waals surface area contributed by atoms with Gasteiger partial charge in [0.2, 0.25) is 0 Å². The van der Waals surface area contributed by atoms with Crippen molar-refractivity contribution in [2.24, 2.45) is 0 Å². The molecule has 0 aliphatic heterocycles. The zero-order chi connectivity index (χ0) is 15.5. The smallest absolute Gasteiger partial charge is 0.378 e. The summed E-state index contributed by atoms with van der Waals surface area (Å²) in [5.41, 5.74) is 0.836. The molecule has 1 N–H and O–H groups in total. The summed E-state index contributed by atoms with van der Waals surface area (Å²) in [5, 5.41) is 3.17. The fraction of sp³-hybridized carbons (Fsp3) is 0.250. The molecule has 0 aliphatic rings. The Morgan fingerprint density at radius 2 is 1.76 bits per heavy atom. The minimum Gasteiger partial charge on any atom is -0.378 e. The van der Waals surface area contributed by atoms with Crippen molar-refractivity contribution >= 4 is 21.6 Å². The van der Waals surface area contributed by atoms with E-state index in [1.807, 2.05) is 37.3 Å². The van der Waals surface area contributed by atoms with E-state index in [0.29, 0.717) is 10.2 Å². The predicted molar refractivity (Wildman–Crippen MR) is 82.2 cm³/mol. The van der Waals surface area contributed by atoms with Crippen molar-refractivity contribution in [2.45, 2.75) is 25.6 Å². The standard InChI is InChI=1S/C16H15BrF3N/c1-2-15(11-6-4-3-5-7-11)21-14-9-12(16(18,19)20)8-13(17)10-14/h3-10,15,21H,2H2,1H3. The number of hydrogen-bond donors (Lipinski definition) is 1. The Kier molecular flexibility index (Phi) is 4.93. The molecule has 0 bridgehead atoms. The summed E-state index contributed by atoms with van der Waals surface area (Å²) in [6.45, 7) is 1.99. The van der Waals surface area contributed by atoms with E-state index in [4.69, 9.17) is 0 Å². The monoisotopic (exact) mass is 357 g/mol. The zero-order valence-electron chi connectivity index (χ0n) is 11.4. The molecule has 1 nitrogen and oxygen atoms in total. The molecule has 0 saturated carbocycles. The van der Waals surface area contributed by atoms with Crippen LogP contribution in [0, 0.1) is 0 Å². The van der Waals surface area contributed by atoms with Gasteiger partial charge in [-0.25, -0.2) is 0 Å². The van der Waals surface area contributed by atoms with Gasteiger partial charge in [-0.2, -0.15) is 13.2 Å². The number of nitrogens with one attached hydrogen (secondary N) is 1. The second-order valence-corrected chi connectivity index (χ2v) is 5.66. The third kappa shape index (κ3) is 4.24. The molecule has 112 valence electrons. The molecule has 21 heavy (non-hydrogen) atoms. The van der Waals surface area contributed by atoms with Gasteiger partial charge in [0.25, 0.3) is 0 Å². The molecule has 0 radical (unpaired) electrons. The zero-order valence-corrected chi connectivity index (χ0v) is 13.0. The van der Waals surface area contributed by atoms with E-state index < -0.39 is 11.7 Å². The van der Waals surface area contributed by atoms with Crippen LogP contribution in [-0.4, -0.2) is 0 Å². The largest absolute Gasteiger partial charge is 0.416 e. The first-order valence-electron chi connectivity index (χ1n) is 6.59. The van der Waals surface area contributed by atoms with E-state index in [0.717, 1.165) is 24.1 Å². The van der Waals surface area contributed by atoms with Crippen LogP contribution < -0.4 is 5.32 Å². The highest BCUT2D eigenvalue weighted by Gasteiger charge is 2.31. The molecule has 0 spiro atoms. The Labute approximate surface area is 130 Å². The molecule has 2 aromatic carbocycles. The summed E-state index contributed by atoms with van der Waals surface area (Å²) in [6.07, 6.45) is -3.58. The lowest BCUT2D eigenvalue weighted by molar-refractivity contribution is -0.137. The molecule has 1 atom stereocenters. The number of alkyl halides is 3. The maximum absolute atomic E-state index is 12.8. The molecule has 0 amide bonds. The van der Waals surface area contributed by atoms with E-state index >= 15 is 0 Å². The highest BCUT2D eigenvalue weighted by atomic mass is 79.9. The first-order valence-corrected chi connectivity index (χ1v) is 7.38. The van der Waals surface area contributed by atoms with Gasteiger partial charge in [0.05, 0.1) is 11.6 Å². The summed E-state index contributed by atoms with van der Waals surface area (Å²) >= 11 is 3.13. The van der Waals surface area contributed by atoms with Crippen LogP contribution in [0.2, 0.25) is 0 Å². The lowest BCUT2D eigenvalue weighted by Gasteiger charge is -2.20. The van der Waals surface area contributed by atoms with Crippen LogP contribution in [0.25, 0.3) is 0 Å². The van der Waals surface area contributed by atoms with Crippen LogP contribution in [0.3, 0.4) is 0 Å². The van der Waals surface area contributed by atoms with Crippen molar-refractivity contribution in [3.8, 4) is 0 Å². The van der Waals surface area contributed by atoms with Crippen molar-refractivity contribution in [1.29, 1.82) is 0 Å². The molecule has 0 heterocycles. The SMILES string of the molecule is CCC(Nc1cc(Br)cc(C(F)(F)F)c1)c1ccccc1. The molecule has 0 aromatic heterocycles. The number of rotatable bonds is 4. The van der Waals surface area contributed by atoms with Crippen LogP contribution in [0.5, 0.6) is 0 Å². The van der Waals surface area contributed by atoms with Crippen LogP contribution >= 0.6 is 15.9 Å². The Morgan fingerprint density at radius 1 is 1.10 bits per heavy atom. The first-order chi connectivity index (χ1) is 9.90. The Bertz CT molecular complexity index is 596. The van der Waals surface area contributed by atoms with Gasteiger partial charge in [-0.1, -0.05) is 53.2 Å². The van der Waals surface area contributed by atoms with Crippen molar-refractivity contribution in [2.75, 3.05) is 5.32 Å². The summed E-state index contributed by atoms with van der Waals surface area (Å²) in [6, 6.07) is 13.5. The highest BCUT2D eigenvalue weighted by molar-refractivity contribution is 9.10. The molecule has 0 aliphatic carbocycles. The van der Waals surface area contributed by atoms with Crippen molar-refractivity contribution < 1.29 is 13.2 Å². The van der Waals surface area contributed by atoms with Crippen LogP contribution in [0.4, 0.5) is 18.9 Å². The second-order valence-electron chi connectivity index (χ2n) is 4.74. The molecule has 2 rings (SSSR count). The van der Waals surface area contributed by atoms with E-state index in [1.165, 1.54) is 0 Å². The Morgan fingerprint density at radius 3 is 2.33 bits per heavy atom. The first kappa shape index (κ1) is 15.9. The Hall–Kier alpha value is -1.49. The Balaban J connectivity index is 2.28. The maximum atomic E-state index is 12.8. The van der Waals surface area contributed by atoms with Gasteiger partial charge in [-0.15, -0.1) is 0 Å². The maximum Gasteiger partial charge on any atom is 0.416 e. The van der Waals surface area contributed by atoms with Crippen LogP contribution in [0.15, 0.2) is 53.0 Å². The third-order valence-corrected chi connectivity index (χ3v) is 3.63. The summed E-state index contributed by atoms with van der Waals surface area (Å²) in [7, 11) is 0. The lowest BCUT2D eigenvalue weighted by atomic mass is 10.0. The molecule has 5 heteroatoms. The van der Waals surface area contributed by atoms with Crippen molar-refractivity contribution in [3.05, 3.63) is 64.1 Å². The number of halogens is 4. The van der Waals surface area contributed by atoms with E-state index in [2.05, 4.69) is 21.2 Å². The summed E-state index contributed by atoms with van der Waals surface area (Å²) in [5.74, 6) is 0. The average molecular weight is 358 g/mol. The van der Waals surface area contributed by atoms with E-state index in [9.17, 15) is 13.2 Å². The van der Waals surface area contributed by atoms with E-state index in [-0.39, 0.29) is 6.04 Å². The van der Waals surface area contributed by atoms with Crippen LogP contribution in [0.1, 0.15) is 30.5 Å². The highest BCUT2D eigenvalue weighted by Crippen LogP contribution is 2.34. The van der Waals surface area contributed by atoms with Gasteiger partial charge in [0.1, 0.15) is 0 Å². The molecule has 0 saturated heterocycles. The molecule has 1 unspecified atom stereocenters. The molecule has 0 fully saturated rings. The predicted octanol–water partition coefficient (Wildman–Crippen LogP) is 6.03. The summed E-state index contributed by atoms with van der Waals surface area (Å²) in [4.78, 5) is 0. The quantitative estimate of drug-likeness (QED) is 0.704. The number of benzene rings is 2. The molecule has 2 aromatic rings. The second kappa shape index (κ2) is 6.52. The van der Waals surface area contributed by atoms with Gasteiger partial charge >= 0.3 is 6.18 Å². The van der Waals surface area contributed by atoms with Gasteiger partial charge in [0.15, 0.2) is 0 Å². The fourth-order valence-corrected chi connectivity index (χ4v) is 2.64. The van der Waals surface area contributed by atoms with E-state index in [1.54, 1.807) is 6.07 Å². The van der Waals surface area contributed by atoms with Gasteiger partial charge < -0.3 is 5.32 Å². The van der Waals surface area contributed by atoms with Crippen LogP contribution in [-0.2, 0) is 6.18 Å². The van der Waals surface area contributed by atoms with Gasteiger partial charge in [-0.05, 0) is 30.2 Å². The third-order valence-electron chi connectivity index (χ3n) is 3.18. The topological polar surface area (TPSA) is 12.0 Å². The minimum absolute atomic E-state index is 0.0263. The lowest BCUT2D eigenvalue weighted by Crippen LogP contribution is -2.11. The average Bonchev–Trinajstić information content (AvgIpc) is 2.44. The minimum atomic E-state index is -4.35. The number of hydrogen-bond acceptors (Lipinski definition) is 1. The normalized spacial score (nSPS) is 13.0. The number of anilines is 1. The fourth-order valence-electron chi connectivity index (χ4n) is 2.14. The molecular formula is C16H15BrF3N. The summed E-state index contributed by atoms with van der Waals surface area (Å²) < 4.78 is 38.9. The molecular weight excluding hydrogens is 343 g/mol.